The summed E-state index contributed by atoms with van der Waals surface area (Å²) in [5.41, 5.74) is 6.23. The molecule has 3 aliphatic rings. The third-order valence-electron chi connectivity index (χ3n) is 8.84. The number of hydrogen-bond acceptors (Lipinski definition) is 3. The minimum atomic E-state index is -0.286. The van der Waals surface area contributed by atoms with E-state index in [1.165, 1.54) is 27.6 Å². The van der Waals surface area contributed by atoms with Crippen LogP contribution < -0.4 is 4.90 Å². The summed E-state index contributed by atoms with van der Waals surface area (Å²) in [6.07, 6.45) is 2.41. The first-order valence-electron chi connectivity index (χ1n) is 14.1. The fourth-order valence-electron chi connectivity index (χ4n) is 6.92. The normalized spacial score (nSPS) is 19.4. The Hall–Kier alpha value is -3.96. The van der Waals surface area contributed by atoms with Gasteiger partial charge in [0.1, 0.15) is 0 Å². The van der Waals surface area contributed by atoms with Gasteiger partial charge in [0.2, 0.25) is 11.8 Å². The second-order valence-corrected chi connectivity index (χ2v) is 11.1. The quantitative estimate of drug-likeness (QED) is 0.366. The summed E-state index contributed by atoms with van der Waals surface area (Å²) in [5.74, 6) is -0.113. The van der Waals surface area contributed by atoms with Crippen LogP contribution in [0.15, 0.2) is 91.0 Å². The molecule has 0 saturated carbocycles. The molecule has 5 nitrogen and oxygen atoms in total. The molecule has 2 amide bonds. The predicted molar refractivity (Wildman–Crippen MR) is 155 cm³/mol. The van der Waals surface area contributed by atoms with Crippen molar-refractivity contribution in [3.05, 3.63) is 113 Å². The van der Waals surface area contributed by atoms with E-state index < -0.39 is 0 Å². The van der Waals surface area contributed by atoms with Gasteiger partial charge in [0.25, 0.3) is 0 Å². The van der Waals surface area contributed by atoms with Gasteiger partial charge < -0.3 is 9.80 Å². The number of benzene rings is 4. The van der Waals surface area contributed by atoms with Crippen molar-refractivity contribution in [2.75, 3.05) is 37.6 Å². The van der Waals surface area contributed by atoms with E-state index in [1.54, 1.807) is 0 Å². The zero-order valence-electron chi connectivity index (χ0n) is 22.1. The lowest BCUT2D eigenvalue weighted by atomic mass is 9.96. The molecule has 196 valence electrons. The molecule has 1 atom stereocenters. The number of anilines is 1. The monoisotopic (exact) mass is 515 g/mol. The highest BCUT2D eigenvalue weighted by atomic mass is 16.2. The number of amides is 2. The molecule has 0 N–H and O–H groups in total. The SMILES string of the molecule is O=C(C1CC(=O)N(c2ccc3c4c(cccc24)CC3)C1)N1CCN(C(c2ccccc2)c2ccccc2)CC1. The lowest BCUT2D eigenvalue weighted by molar-refractivity contribution is -0.137. The van der Waals surface area contributed by atoms with Gasteiger partial charge in [0.05, 0.1) is 17.6 Å². The molecule has 4 aromatic carbocycles. The van der Waals surface area contributed by atoms with Crippen LogP contribution in [0.2, 0.25) is 0 Å². The van der Waals surface area contributed by atoms with Crippen molar-refractivity contribution in [2.45, 2.75) is 25.3 Å². The minimum absolute atomic E-state index is 0.0545. The van der Waals surface area contributed by atoms with E-state index in [-0.39, 0.29) is 23.8 Å². The summed E-state index contributed by atoms with van der Waals surface area (Å²) in [6.45, 7) is 3.44. The van der Waals surface area contributed by atoms with Crippen LogP contribution in [0.5, 0.6) is 0 Å². The summed E-state index contributed by atoms with van der Waals surface area (Å²) < 4.78 is 0. The number of carbonyl (C=O) groups is 2. The second kappa shape index (κ2) is 9.97. The Morgan fingerprint density at radius 3 is 2.03 bits per heavy atom. The highest BCUT2D eigenvalue weighted by Crippen LogP contribution is 2.39. The number of aryl methyl sites for hydroxylation is 2. The molecule has 1 aliphatic carbocycles. The number of hydrogen-bond donors (Lipinski definition) is 0. The molecular weight excluding hydrogens is 482 g/mol. The van der Waals surface area contributed by atoms with Crippen molar-refractivity contribution < 1.29 is 9.59 Å². The minimum Gasteiger partial charge on any atom is -0.340 e. The Balaban J connectivity index is 1.06. The van der Waals surface area contributed by atoms with E-state index in [1.807, 2.05) is 9.80 Å². The Bertz CT molecular complexity index is 1480. The lowest BCUT2D eigenvalue weighted by Gasteiger charge is -2.40. The molecule has 0 aromatic heterocycles. The maximum Gasteiger partial charge on any atom is 0.228 e. The van der Waals surface area contributed by atoms with E-state index in [0.717, 1.165) is 37.0 Å². The Kier molecular flexibility index (Phi) is 6.16. The molecule has 39 heavy (non-hydrogen) atoms. The summed E-state index contributed by atoms with van der Waals surface area (Å²) in [6, 6.07) is 32.1. The van der Waals surface area contributed by atoms with Crippen LogP contribution in [0.3, 0.4) is 0 Å². The Morgan fingerprint density at radius 2 is 1.36 bits per heavy atom. The van der Waals surface area contributed by atoms with Crippen molar-refractivity contribution in [2.24, 2.45) is 5.92 Å². The van der Waals surface area contributed by atoms with Crippen LogP contribution >= 0.6 is 0 Å². The molecule has 5 heteroatoms. The molecule has 4 aromatic rings. The number of piperazine rings is 1. The second-order valence-electron chi connectivity index (χ2n) is 11.1. The highest BCUT2D eigenvalue weighted by Gasteiger charge is 2.39. The fraction of sp³-hybridized carbons (Fsp3) is 0.294. The van der Waals surface area contributed by atoms with Gasteiger partial charge in [-0.05, 0) is 46.5 Å². The maximum atomic E-state index is 13.6. The average molecular weight is 516 g/mol. The first kappa shape index (κ1) is 24.1. The molecular formula is C34H33N3O2. The Labute approximate surface area is 229 Å². The lowest BCUT2D eigenvalue weighted by Crippen LogP contribution is -2.51. The van der Waals surface area contributed by atoms with Crippen LogP contribution in [0, 0.1) is 5.92 Å². The molecule has 2 saturated heterocycles. The van der Waals surface area contributed by atoms with E-state index in [2.05, 4.69) is 95.9 Å². The van der Waals surface area contributed by atoms with Crippen molar-refractivity contribution >= 4 is 28.3 Å². The fourth-order valence-corrected chi connectivity index (χ4v) is 6.92. The molecule has 0 bridgehead atoms. The van der Waals surface area contributed by atoms with Crippen molar-refractivity contribution in [3.8, 4) is 0 Å². The zero-order chi connectivity index (χ0) is 26.3. The first-order chi connectivity index (χ1) is 19.2. The van der Waals surface area contributed by atoms with Gasteiger partial charge in [-0.1, -0.05) is 84.9 Å². The van der Waals surface area contributed by atoms with Gasteiger partial charge in [-0.3, -0.25) is 14.5 Å². The van der Waals surface area contributed by atoms with Gasteiger partial charge in [-0.2, -0.15) is 0 Å². The van der Waals surface area contributed by atoms with Crippen molar-refractivity contribution in [3.63, 3.8) is 0 Å². The van der Waals surface area contributed by atoms with Gasteiger partial charge in [0, 0.05) is 44.5 Å². The van der Waals surface area contributed by atoms with E-state index in [4.69, 9.17) is 0 Å². The van der Waals surface area contributed by atoms with Gasteiger partial charge in [-0.25, -0.2) is 0 Å². The summed E-state index contributed by atoms with van der Waals surface area (Å²) in [4.78, 5) is 33.2. The molecule has 1 unspecified atom stereocenters. The number of carbonyl (C=O) groups excluding carboxylic acids is 2. The van der Waals surface area contributed by atoms with Crippen LogP contribution in [0.25, 0.3) is 10.8 Å². The van der Waals surface area contributed by atoms with Crippen LogP contribution in [0.1, 0.15) is 34.7 Å². The van der Waals surface area contributed by atoms with Gasteiger partial charge >= 0.3 is 0 Å². The summed E-state index contributed by atoms with van der Waals surface area (Å²) in [7, 11) is 0. The molecule has 0 radical (unpaired) electrons. The van der Waals surface area contributed by atoms with Crippen LogP contribution in [-0.4, -0.2) is 54.3 Å². The predicted octanol–water partition coefficient (Wildman–Crippen LogP) is 5.23. The first-order valence-corrected chi connectivity index (χ1v) is 14.1. The third-order valence-corrected chi connectivity index (χ3v) is 8.84. The van der Waals surface area contributed by atoms with Gasteiger partial charge in [-0.15, -0.1) is 0 Å². The zero-order valence-corrected chi connectivity index (χ0v) is 22.1. The largest absolute Gasteiger partial charge is 0.340 e. The molecule has 7 rings (SSSR count). The van der Waals surface area contributed by atoms with Crippen molar-refractivity contribution in [1.82, 2.24) is 9.80 Å². The van der Waals surface area contributed by atoms with Crippen LogP contribution in [-0.2, 0) is 22.4 Å². The highest BCUT2D eigenvalue weighted by molar-refractivity contribution is 6.08. The van der Waals surface area contributed by atoms with E-state index >= 15 is 0 Å². The third kappa shape index (κ3) is 4.31. The molecule has 0 spiro atoms. The Morgan fingerprint density at radius 1 is 0.718 bits per heavy atom. The van der Waals surface area contributed by atoms with Gasteiger partial charge in [0.15, 0.2) is 0 Å². The van der Waals surface area contributed by atoms with E-state index in [9.17, 15) is 9.59 Å². The maximum absolute atomic E-state index is 13.6. The van der Waals surface area contributed by atoms with Crippen molar-refractivity contribution in [1.29, 1.82) is 0 Å². The number of nitrogens with zero attached hydrogens (tertiary/aromatic N) is 3. The molecule has 2 fully saturated rings. The smallest absolute Gasteiger partial charge is 0.228 e. The average Bonchev–Trinajstić information content (AvgIpc) is 3.59. The standard InChI is InChI=1S/C34H33N3O2/c38-31-22-28(23-37(31)30-17-16-25-15-14-24-12-7-13-29(30)32(24)25)34(39)36-20-18-35(19-21-36)33(26-8-3-1-4-9-26)27-10-5-2-6-11-27/h1-13,16-17,28,33H,14-15,18-23H2. The van der Waals surface area contributed by atoms with Crippen LogP contribution in [0.4, 0.5) is 5.69 Å². The summed E-state index contributed by atoms with van der Waals surface area (Å²) in [5, 5.41) is 2.45. The number of rotatable bonds is 5. The molecule has 2 heterocycles. The topological polar surface area (TPSA) is 43.9 Å². The van der Waals surface area contributed by atoms with E-state index in [0.29, 0.717) is 26.1 Å². The molecule has 2 aliphatic heterocycles. The summed E-state index contributed by atoms with van der Waals surface area (Å²) >= 11 is 0.